The van der Waals surface area contributed by atoms with Crippen LogP contribution in [0.5, 0.6) is 0 Å². The average Bonchev–Trinajstić information content (AvgIpc) is 2.91. The first kappa shape index (κ1) is 34.5. The minimum atomic E-state index is -1.20. The largest absolute Gasteiger partial charge is 0.0806 e. The zero-order valence-electron chi connectivity index (χ0n) is 26.0. The maximum absolute atomic E-state index is 2.54. The molecule has 0 spiro atoms. The molecule has 216 valence electrons. The molecular formula is C36H68Si. The third kappa shape index (κ3) is 22.0. The molecule has 37 heavy (non-hydrogen) atoms. The van der Waals surface area contributed by atoms with E-state index in [0.717, 1.165) is 0 Å². The van der Waals surface area contributed by atoms with E-state index in [-0.39, 0.29) is 0 Å². The second-order valence-electron chi connectivity index (χ2n) is 12.8. The van der Waals surface area contributed by atoms with Crippen molar-refractivity contribution in [2.75, 3.05) is 0 Å². The summed E-state index contributed by atoms with van der Waals surface area (Å²) in [5, 5.41) is 1.63. The summed E-state index contributed by atoms with van der Waals surface area (Å²) >= 11 is 0. The average molecular weight is 529 g/mol. The smallest absolute Gasteiger partial charge is 0.0654 e. The van der Waals surface area contributed by atoms with E-state index in [9.17, 15) is 0 Å². The Labute approximate surface area is 236 Å². The van der Waals surface area contributed by atoms with Crippen LogP contribution in [-0.4, -0.2) is 8.07 Å². The summed E-state index contributed by atoms with van der Waals surface area (Å²) in [4.78, 5) is 0. The Hall–Kier alpha value is -0.563. The minimum Gasteiger partial charge on any atom is -0.0654 e. The van der Waals surface area contributed by atoms with Gasteiger partial charge in [-0.2, -0.15) is 0 Å². The van der Waals surface area contributed by atoms with Crippen LogP contribution >= 0.6 is 0 Å². The van der Waals surface area contributed by atoms with Gasteiger partial charge in [-0.15, -0.1) is 0 Å². The van der Waals surface area contributed by atoms with E-state index < -0.39 is 8.07 Å². The molecule has 0 unspecified atom stereocenters. The molecule has 0 amide bonds. The van der Waals surface area contributed by atoms with E-state index in [1.807, 2.05) is 0 Å². The summed E-state index contributed by atoms with van der Waals surface area (Å²) in [6.45, 7) is 7.39. The lowest BCUT2D eigenvalue weighted by molar-refractivity contribution is 0.516. The van der Waals surface area contributed by atoms with Gasteiger partial charge in [-0.1, -0.05) is 229 Å². The summed E-state index contributed by atoms with van der Waals surface area (Å²) in [6.07, 6.45) is 38.3. The van der Waals surface area contributed by atoms with Crippen molar-refractivity contribution in [1.29, 1.82) is 0 Å². The van der Waals surface area contributed by atoms with Gasteiger partial charge in [0.2, 0.25) is 0 Å². The first-order chi connectivity index (χ1) is 18.2. The summed E-state index contributed by atoms with van der Waals surface area (Å²) in [5.74, 6) is 0. The normalized spacial score (nSPS) is 11.9. The second kappa shape index (κ2) is 25.7. The molecule has 0 heterocycles. The van der Waals surface area contributed by atoms with Gasteiger partial charge in [0.25, 0.3) is 0 Å². The maximum Gasteiger partial charge on any atom is 0.0806 e. The number of rotatable bonds is 28. The van der Waals surface area contributed by atoms with Crippen LogP contribution in [0.2, 0.25) is 19.1 Å². The zero-order chi connectivity index (χ0) is 26.7. The highest BCUT2D eigenvalue weighted by Crippen LogP contribution is 2.18. The molecule has 0 radical (unpaired) electrons. The summed E-state index contributed by atoms with van der Waals surface area (Å²) in [5.41, 5.74) is 0. The fourth-order valence-electron chi connectivity index (χ4n) is 5.92. The fourth-order valence-corrected chi connectivity index (χ4v) is 8.43. The van der Waals surface area contributed by atoms with Crippen LogP contribution in [-0.2, 0) is 0 Å². The van der Waals surface area contributed by atoms with Gasteiger partial charge in [0.15, 0.2) is 0 Å². The molecular weight excluding hydrogens is 460 g/mol. The molecule has 1 rings (SSSR count). The van der Waals surface area contributed by atoms with Crippen molar-refractivity contribution < 1.29 is 0 Å². The van der Waals surface area contributed by atoms with Crippen molar-refractivity contribution in [2.24, 2.45) is 0 Å². The molecule has 1 aromatic rings. The number of unbranched alkanes of at least 4 members (excludes halogenated alkanes) is 25. The van der Waals surface area contributed by atoms with Crippen LogP contribution in [0.1, 0.15) is 174 Å². The maximum atomic E-state index is 2.54. The van der Waals surface area contributed by atoms with Crippen molar-refractivity contribution in [2.45, 2.75) is 193 Å². The highest BCUT2D eigenvalue weighted by atomic mass is 28.3. The lowest BCUT2D eigenvalue weighted by atomic mass is 10.0. The van der Waals surface area contributed by atoms with E-state index in [2.05, 4.69) is 50.3 Å². The van der Waals surface area contributed by atoms with Crippen LogP contribution in [0.4, 0.5) is 0 Å². The van der Waals surface area contributed by atoms with Crippen molar-refractivity contribution in [3.63, 3.8) is 0 Å². The fraction of sp³-hybridized carbons (Fsp3) is 0.833. The molecule has 0 saturated heterocycles. The molecule has 0 aliphatic carbocycles. The molecule has 1 heteroatoms. The van der Waals surface area contributed by atoms with Crippen molar-refractivity contribution >= 4 is 13.3 Å². The predicted octanol–water partition coefficient (Wildman–Crippen LogP) is 12.8. The number of hydrogen-bond acceptors (Lipinski definition) is 0. The van der Waals surface area contributed by atoms with Crippen LogP contribution in [0.25, 0.3) is 0 Å². The van der Waals surface area contributed by atoms with Crippen molar-refractivity contribution in [1.82, 2.24) is 0 Å². The molecule has 0 atom stereocenters. The quantitative estimate of drug-likeness (QED) is 0.0749. The van der Waals surface area contributed by atoms with Gasteiger partial charge in [0, 0.05) is 0 Å². The molecule has 0 aliphatic heterocycles. The van der Waals surface area contributed by atoms with Crippen LogP contribution in [0.15, 0.2) is 30.3 Å². The standard InChI is InChI=1S/C36H68Si/c1-4-5-6-7-8-9-10-11-12-13-14-15-16-17-18-19-20-21-22-23-24-25-26-27-28-32-35-37(2,3)36-33-30-29-31-34-36/h29-31,33-34H,4-28,32,35H2,1-3H3. The van der Waals surface area contributed by atoms with Gasteiger partial charge < -0.3 is 0 Å². The molecule has 0 bridgehead atoms. The van der Waals surface area contributed by atoms with E-state index >= 15 is 0 Å². The molecule has 0 nitrogen and oxygen atoms in total. The molecule has 0 aliphatic rings. The Morgan fingerprint density at radius 3 is 0.946 bits per heavy atom. The highest BCUT2D eigenvalue weighted by Gasteiger charge is 2.21. The molecule has 0 aromatic heterocycles. The number of benzene rings is 1. The van der Waals surface area contributed by atoms with E-state index in [1.54, 1.807) is 5.19 Å². The molecule has 1 aromatic carbocycles. The molecule has 0 saturated carbocycles. The van der Waals surface area contributed by atoms with E-state index in [4.69, 9.17) is 0 Å². The molecule has 0 N–H and O–H groups in total. The van der Waals surface area contributed by atoms with Crippen LogP contribution in [0.3, 0.4) is 0 Å². The third-order valence-electron chi connectivity index (χ3n) is 8.71. The van der Waals surface area contributed by atoms with Gasteiger partial charge in [-0.3, -0.25) is 0 Å². The Morgan fingerprint density at radius 1 is 0.378 bits per heavy atom. The van der Waals surface area contributed by atoms with E-state index in [1.165, 1.54) is 173 Å². The van der Waals surface area contributed by atoms with Gasteiger partial charge >= 0.3 is 0 Å². The minimum absolute atomic E-state index is 1.20. The topological polar surface area (TPSA) is 0 Å². The Balaban J connectivity index is 1.70. The summed E-state index contributed by atoms with van der Waals surface area (Å²) in [7, 11) is -1.20. The number of hydrogen-bond donors (Lipinski definition) is 0. The summed E-state index contributed by atoms with van der Waals surface area (Å²) < 4.78 is 0. The predicted molar refractivity (Wildman–Crippen MR) is 174 cm³/mol. The van der Waals surface area contributed by atoms with Crippen LogP contribution < -0.4 is 5.19 Å². The lowest BCUT2D eigenvalue weighted by Gasteiger charge is -2.22. The Kier molecular flexibility index (Phi) is 23.9. The SMILES string of the molecule is CCCCCCCCCCCCCCCCCCCCCCCCCCCC[Si](C)(C)c1ccccc1. The monoisotopic (exact) mass is 529 g/mol. The first-order valence-corrected chi connectivity index (χ1v) is 20.4. The highest BCUT2D eigenvalue weighted by molar-refractivity contribution is 6.89. The first-order valence-electron chi connectivity index (χ1n) is 17.2. The van der Waals surface area contributed by atoms with Gasteiger partial charge in [-0.05, 0) is 0 Å². The Morgan fingerprint density at radius 2 is 0.649 bits per heavy atom. The second-order valence-corrected chi connectivity index (χ2v) is 17.7. The van der Waals surface area contributed by atoms with Gasteiger partial charge in [0.05, 0.1) is 8.07 Å². The summed E-state index contributed by atoms with van der Waals surface area (Å²) in [6, 6.07) is 12.7. The zero-order valence-corrected chi connectivity index (χ0v) is 27.0. The van der Waals surface area contributed by atoms with Crippen LogP contribution in [0, 0.1) is 0 Å². The Bertz CT molecular complexity index is 563. The van der Waals surface area contributed by atoms with Crippen molar-refractivity contribution in [3.8, 4) is 0 Å². The third-order valence-corrected chi connectivity index (χ3v) is 12.2. The van der Waals surface area contributed by atoms with Gasteiger partial charge in [0.1, 0.15) is 0 Å². The lowest BCUT2D eigenvalue weighted by Crippen LogP contribution is -2.40. The molecule has 0 fully saturated rings. The van der Waals surface area contributed by atoms with E-state index in [0.29, 0.717) is 0 Å². The van der Waals surface area contributed by atoms with Crippen molar-refractivity contribution in [3.05, 3.63) is 30.3 Å². The van der Waals surface area contributed by atoms with Gasteiger partial charge in [-0.25, -0.2) is 0 Å².